The van der Waals surface area contributed by atoms with Gasteiger partial charge in [-0.2, -0.15) is 8.78 Å². The van der Waals surface area contributed by atoms with Crippen molar-refractivity contribution in [1.29, 1.82) is 0 Å². The third kappa shape index (κ3) is 3.33. The predicted octanol–water partition coefficient (Wildman–Crippen LogP) is 3.08. The maximum atomic E-state index is 12.6. The fourth-order valence-corrected chi connectivity index (χ4v) is 1.74. The van der Waals surface area contributed by atoms with Crippen molar-refractivity contribution in [2.24, 2.45) is 0 Å². The van der Waals surface area contributed by atoms with Crippen LogP contribution in [0.25, 0.3) is 0 Å². The number of aromatic nitrogens is 2. The standard InChI is InChI=1S/C14H16F2N2O2/c1-14(2,19)10-3-5-11(6-4-10)20-9-12-17-7-8-18(12)13(15)16/h3-8,13,19H,9H2,1-2H3. The van der Waals surface area contributed by atoms with E-state index < -0.39 is 12.2 Å². The van der Waals surface area contributed by atoms with Gasteiger partial charge in [0.05, 0.1) is 5.60 Å². The Balaban J connectivity index is 2.02. The summed E-state index contributed by atoms with van der Waals surface area (Å²) >= 11 is 0. The highest BCUT2D eigenvalue weighted by Gasteiger charge is 2.15. The Hall–Kier alpha value is -1.95. The Morgan fingerprint density at radius 2 is 1.95 bits per heavy atom. The van der Waals surface area contributed by atoms with Gasteiger partial charge in [0.1, 0.15) is 12.4 Å². The molecule has 0 aliphatic carbocycles. The van der Waals surface area contributed by atoms with E-state index in [9.17, 15) is 13.9 Å². The molecule has 1 aromatic heterocycles. The second-order valence-corrected chi connectivity index (χ2v) is 4.90. The Labute approximate surface area is 115 Å². The van der Waals surface area contributed by atoms with Crippen molar-refractivity contribution in [2.75, 3.05) is 0 Å². The molecule has 0 atom stereocenters. The minimum atomic E-state index is -2.63. The number of benzene rings is 1. The first-order valence-corrected chi connectivity index (χ1v) is 6.13. The minimum absolute atomic E-state index is 0.0425. The lowest BCUT2D eigenvalue weighted by Crippen LogP contribution is -2.15. The summed E-state index contributed by atoms with van der Waals surface area (Å²) < 4.78 is 31.4. The normalized spacial score (nSPS) is 11.9. The van der Waals surface area contributed by atoms with Gasteiger partial charge in [-0.25, -0.2) is 4.98 Å². The molecule has 0 spiro atoms. The van der Waals surface area contributed by atoms with Crippen molar-refractivity contribution in [2.45, 2.75) is 32.6 Å². The molecular weight excluding hydrogens is 266 g/mol. The Bertz CT molecular complexity index is 559. The summed E-state index contributed by atoms with van der Waals surface area (Å²) in [6.07, 6.45) is 2.52. The molecule has 2 rings (SSSR count). The minimum Gasteiger partial charge on any atom is -0.486 e. The smallest absolute Gasteiger partial charge is 0.320 e. The maximum Gasteiger partial charge on any atom is 0.320 e. The molecule has 0 amide bonds. The highest BCUT2D eigenvalue weighted by Crippen LogP contribution is 2.23. The van der Waals surface area contributed by atoms with Crippen LogP contribution < -0.4 is 4.74 Å². The number of imidazole rings is 1. The molecule has 0 fully saturated rings. The molecule has 1 aromatic carbocycles. The zero-order chi connectivity index (χ0) is 14.8. The van der Waals surface area contributed by atoms with E-state index in [1.54, 1.807) is 38.1 Å². The molecule has 1 N–H and O–H groups in total. The van der Waals surface area contributed by atoms with Crippen LogP contribution in [0.5, 0.6) is 5.75 Å². The van der Waals surface area contributed by atoms with E-state index in [1.807, 2.05) is 0 Å². The number of hydrogen-bond donors (Lipinski definition) is 1. The summed E-state index contributed by atoms with van der Waals surface area (Å²) in [4.78, 5) is 3.83. The predicted molar refractivity (Wildman–Crippen MR) is 69.5 cm³/mol. The van der Waals surface area contributed by atoms with Gasteiger partial charge < -0.3 is 9.84 Å². The van der Waals surface area contributed by atoms with Crippen LogP contribution in [0.3, 0.4) is 0 Å². The van der Waals surface area contributed by atoms with Crippen LogP contribution >= 0.6 is 0 Å². The number of rotatable bonds is 5. The second kappa shape index (κ2) is 5.58. The molecule has 0 saturated carbocycles. The van der Waals surface area contributed by atoms with Gasteiger partial charge in [-0.1, -0.05) is 12.1 Å². The summed E-state index contributed by atoms with van der Waals surface area (Å²) in [5.74, 6) is 0.688. The summed E-state index contributed by atoms with van der Waals surface area (Å²) in [6.45, 7) is 0.692. The first-order valence-electron chi connectivity index (χ1n) is 6.13. The van der Waals surface area contributed by atoms with E-state index >= 15 is 0 Å². The van der Waals surface area contributed by atoms with Crippen molar-refractivity contribution >= 4 is 0 Å². The summed E-state index contributed by atoms with van der Waals surface area (Å²) in [5, 5.41) is 9.82. The van der Waals surface area contributed by atoms with E-state index in [4.69, 9.17) is 4.74 Å². The molecule has 0 bridgehead atoms. The third-order valence-electron chi connectivity index (χ3n) is 2.89. The van der Waals surface area contributed by atoms with Gasteiger partial charge in [-0.15, -0.1) is 0 Å². The first kappa shape index (κ1) is 14.5. The number of halogens is 2. The number of hydrogen-bond acceptors (Lipinski definition) is 3. The fraction of sp³-hybridized carbons (Fsp3) is 0.357. The average Bonchev–Trinajstić information content (AvgIpc) is 2.84. The van der Waals surface area contributed by atoms with Crippen LogP contribution in [0.1, 0.15) is 31.8 Å². The average molecular weight is 282 g/mol. The highest BCUT2D eigenvalue weighted by atomic mass is 19.3. The molecule has 0 saturated heterocycles. The lowest BCUT2D eigenvalue weighted by molar-refractivity contribution is 0.0631. The third-order valence-corrected chi connectivity index (χ3v) is 2.89. The molecule has 20 heavy (non-hydrogen) atoms. The van der Waals surface area contributed by atoms with E-state index in [0.29, 0.717) is 5.75 Å². The molecule has 0 radical (unpaired) electrons. The molecule has 4 nitrogen and oxygen atoms in total. The zero-order valence-corrected chi connectivity index (χ0v) is 11.3. The van der Waals surface area contributed by atoms with Crippen molar-refractivity contribution in [3.63, 3.8) is 0 Å². The second-order valence-electron chi connectivity index (χ2n) is 4.90. The quantitative estimate of drug-likeness (QED) is 0.916. The van der Waals surface area contributed by atoms with E-state index in [-0.39, 0.29) is 12.4 Å². The first-order chi connectivity index (χ1) is 9.38. The van der Waals surface area contributed by atoms with Crippen molar-refractivity contribution in [3.8, 4) is 5.75 Å². The number of nitrogens with zero attached hydrogens (tertiary/aromatic N) is 2. The van der Waals surface area contributed by atoms with Gasteiger partial charge >= 0.3 is 6.55 Å². The van der Waals surface area contributed by atoms with Crippen LogP contribution in [-0.2, 0) is 12.2 Å². The number of ether oxygens (including phenoxy) is 1. The monoisotopic (exact) mass is 282 g/mol. The summed E-state index contributed by atoms with van der Waals surface area (Å²) in [7, 11) is 0. The van der Waals surface area contributed by atoms with Crippen LogP contribution in [0.15, 0.2) is 36.7 Å². The topological polar surface area (TPSA) is 47.3 Å². The van der Waals surface area contributed by atoms with Gasteiger partial charge in [-0.05, 0) is 31.5 Å². The summed E-state index contributed by atoms with van der Waals surface area (Å²) in [6, 6.07) is 6.83. The lowest BCUT2D eigenvalue weighted by atomic mass is 9.99. The fourth-order valence-electron chi connectivity index (χ4n) is 1.74. The maximum absolute atomic E-state index is 12.6. The Morgan fingerprint density at radius 3 is 2.50 bits per heavy atom. The van der Waals surface area contributed by atoms with Gasteiger partial charge in [0.15, 0.2) is 5.82 Å². The molecule has 6 heteroatoms. The zero-order valence-electron chi connectivity index (χ0n) is 11.3. The highest BCUT2D eigenvalue weighted by molar-refractivity contribution is 5.30. The molecule has 0 unspecified atom stereocenters. The van der Waals surface area contributed by atoms with E-state index in [2.05, 4.69) is 4.98 Å². The van der Waals surface area contributed by atoms with Crippen LogP contribution in [0.4, 0.5) is 8.78 Å². The lowest BCUT2D eigenvalue weighted by Gasteiger charge is -2.18. The van der Waals surface area contributed by atoms with Crippen LogP contribution in [-0.4, -0.2) is 14.7 Å². The van der Waals surface area contributed by atoms with E-state index in [0.717, 1.165) is 10.1 Å². The van der Waals surface area contributed by atoms with Gasteiger partial charge in [0.2, 0.25) is 0 Å². The molecule has 1 heterocycles. The SMILES string of the molecule is CC(C)(O)c1ccc(OCc2nccn2C(F)F)cc1. The molecule has 108 valence electrons. The molecule has 0 aliphatic heterocycles. The van der Waals surface area contributed by atoms with E-state index in [1.165, 1.54) is 12.4 Å². The summed E-state index contributed by atoms with van der Waals surface area (Å²) in [5.41, 5.74) is -0.177. The molecule has 2 aromatic rings. The van der Waals surface area contributed by atoms with Crippen molar-refractivity contribution in [1.82, 2.24) is 9.55 Å². The molecular formula is C14H16F2N2O2. The Morgan fingerprint density at radius 1 is 1.30 bits per heavy atom. The van der Waals surface area contributed by atoms with Gasteiger partial charge in [0, 0.05) is 12.4 Å². The number of alkyl halides is 2. The van der Waals surface area contributed by atoms with Crippen LogP contribution in [0, 0.1) is 0 Å². The van der Waals surface area contributed by atoms with Gasteiger partial charge in [0.25, 0.3) is 0 Å². The van der Waals surface area contributed by atoms with Crippen LogP contribution in [0.2, 0.25) is 0 Å². The van der Waals surface area contributed by atoms with Crippen molar-refractivity contribution in [3.05, 3.63) is 48.0 Å². The number of aliphatic hydroxyl groups is 1. The molecule has 0 aliphatic rings. The van der Waals surface area contributed by atoms with Crippen molar-refractivity contribution < 1.29 is 18.6 Å². The Kier molecular flexibility index (Phi) is 4.04. The van der Waals surface area contributed by atoms with Gasteiger partial charge in [-0.3, -0.25) is 4.57 Å². The largest absolute Gasteiger partial charge is 0.486 e.